The largest absolute Gasteiger partial charge is 0.369 e. The Morgan fingerprint density at radius 2 is 2.24 bits per heavy atom. The highest BCUT2D eigenvalue weighted by Gasteiger charge is 2.32. The number of nitrogens with one attached hydrogen (secondary N) is 1. The molecule has 1 aromatic heterocycles. The van der Waals surface area contributed by atoms with Crippen LogP contribution in [0.5, 0.6) is 0 Å². The lowest BCUT2D eigenvalue weighted by Crippen LogP contribution is -2.52. The van der Waals surface area contributed by atoms with Crippen LogP contribution in [-0.2, 0) is 11.3 Å². The van der Waals surface area contributed by atoms with Gasteiger partial charge in [-0.15, -0.1) is 0 Å². The molecule has 0 amide bonds. The average molecular weight is 291 g/mol. The summed E-state index contributed by atoms with van der Waals surface area (Å²) in [6.45, 7) is 14.7. The topological polar surface area (TPSA) is 37.4 Å². The third-order valence-corrected chi connectivity index (χ3v) is 3.67. The molecule has 2 rings (SSSR count). The van der Waals surface area contributed by atoms with Gasteiger partial charge in [0.1, 0.15) is 0 Å². The zero-order chi connectivity index (χ0) is 15.5. The van der Waals surface area contributed by atoms with Crippen LogP contribution in [0.1, 0.15) is 40.2 Å². The van der Waals surface area contributed by atoms with Gasteiger partial charge in [0.15, 0.2) is 0 Å². The van der Waals surface area contributed by atoms with Crippen molar-refractivity contribution >= 4 is 5.69 Å². The van der Waals surface area contributed by atoms with E-state index in [4.69, 9.17) is 4.74 Å². The molecule has 118 valence electrons. The van der Waals surface area contributed by atoms with Crippen molar-refractivity contribution in [3.8, 4) is 0 Å². The van der Waals surface area contributed by atoms with Gasteiger partial charge in [-0.25, -0.2) is 0 Å². The van der Waals surface area contributed by atoms with Crippen LogP contribution in [0, 0.1) is 5.92 Å². The van der Waals surface area contributed by atoms with Crippen LogP contribution < -0.4 is 10.2 Å². The zero-order valence-electron chi connectivity index (χ0n) is 14.0. The predicted molar refractivity (Wildman–Crippen MR) is 87.6 cm³/mol. The molecule has 1 saturated heterocycles. The number of rotatable bonds is 5. The first-order chi connectivity index (χ1) is 9.87. The molecule has 1 N–H and O–H groups in total. The minimum absolute atomic E-state index is 0.115. The third-order valence-electron chi connectivity index (χ3n) is 3.67. The van der Waals surface area contributed by atoms with E-state index in [0.717, 1.165) is 26.2 Å². The van der Waals surface area contributed by atoms with Crippen molar-refractivity contribution in [2.45, 2.75) is 52.9 Å². The highest BCUT2D eigenvalue weighted by Crippen LogP contribution is 2.27. The van der Waals surface area contributed by atoms with Crippen molar-refractivity contribution < 1.29 is 4.74 Å². The SMILES string of the molecule is CC(C)CNCc1ccncc1N1CC(C)OC(C)(C)C1. The number of hydrogen-bond donors (Lipinski definition) is 1. The number of morpholine rings is 1. The van der Waals surface area contributed by atoms with Gasteiger partial charge in [0.05, 0.1) is 23.6 Å². The van der Waals surface area contributed by atoms with Crippen LogP contribution in [0.3, 0.4) is 0 Å². The summed E-state index contributed by atoms with van der Waals surface area (Å²) < 4.78 is 6.00. The molecule has 0 bridgehead atoms. The van der Waals surface area contributed by atoms with E-state index in [1.165, 1.54) is 11.3 Å². The Morgan fingerprint density at radius 1 is 1.48 bits per heavy atom. The molecule has 0 aromatic carbocycles. The standard InChI is InChI=1S/C17H29N3O/c1-13(2)8-19-9-15-6-7-18-10-16(15)20-11-14(3)21-17(4,5)12-20/h6-7,10,13-14,19H,8-9,11-12H2,1-5H3. The number of hydrogen-bond acceptors (Lipinski definition) is 4. The fourth-order valence-corrected chi connectivity index (χ4v) is 2.98. The van der Waals surface area contributed by atoms with Crippen molar-refractivity contribution in [3.05, 3.63) is 24.0 Å². The minimum Gasteiger partial charge on any atom is -0.369 e. The number of pyridine rings is 1. The molecule has 0 radical (unpaired) electrons. The maximum atomic E-state index is 6.00. The summed E-state index contributed by atoms with van der Waals surface area (Å²) in [5.41, 5.74) is 2.43. The molecule has 2 heterocycles. The zero-order valence-corrected chi connectivity index (χ0v) is 14.0. The molecule has 1 aromatic rings. The lowest BCUT2D eigenvalue weighted by atomic mass is 10.0. The van der Waals surface area contributed by atoms with Crippen LogP contribution in [0.2, 0.25) is 0 Å². The molecule has 4 nitrogen and oxygen atoms in total. The van der Waals surface area contributed by atoms with E-state index in [1.54, 1.807) is 0 Å². The Kier molecular flexibility index (Phi) is 5.22. The molecule has 1 atom stereocenters. The predicted octanol–water partition coefficient (Wildman–Crippen LogP) is 2.83. The van der Waals surface area contributed by atoms with Crippen molar-refractivity contribution in [2.24, 2.45) is 5.92 Å². The molecule has 1 fully saturated rings. The Morgan fingerprint density at radius 3 is 2.90 bits per heavy atom. The molecular weight excluding hydrogens is 262 g/mol. The van der Waals surface area contributed by atoms with E-state index < -0.39 is 0 Å². The normalized spacial score (nSPS) is 21.8. The van der Waals surface area contributed by atoms with E-state index in [2.05, 4.69) is 55.9 Å². The fourth-order valence-electron chi connectivity index (χ4n) is 2.98. The number of ether oxygens (including phenoxy) is 1. The van der Waals surface area contributed by atoms with Crippen molar-refractivity contribution in [2.75, 3.05) is 24.5 Å². The van der Waals surface area contributed by atoms with Crippen LogP contribution >= 0.6 is 0 Å². The highest BCUT2D eigenvalue weighted by atomic mass is 16.5. The van der Waals surface area contributed by atoms with E-state index in [0.29, 0.717) is 5.92 Å². The van der Waals surface area contributed by atoms with Crippen LogP contribution in [-0.4, -0.2) is 36.3 Å². The van der Waals surface area contributed by atoms with Crippen LogP contribution in [0.15, 0.2) is 18.5 Å². The lowest BCUT2D eigenvalue weighted by molar-refractivity contribution is -0.0750. The summed E-state index contributed by atoms with van der Waals surface area (Å²) in [4.78, 5) is 6.74. The molecule has 4 heteroatoms. The van der Waals surface area contributed by atoms with Gasteiger partial charge in [0.2, 0.25) is 0 Å². The second-order valence-electron chi connectivity index (χ2n) is 7.10. The van der Waals surface area contributed by atoms with E-state index in [1.807, 2.05) is 12.4 Å². The van der Waals surface area contributed by atoms with E-state index in [9.17, 15) is 0 Å². The maximum absolute atomic E-state index is 6.00. The Hall–Kier alpha value is -1.13. The number of aromatic nitrogens is 1. The van der Waals surface area contributed by atoms with Crippen LogP contribution in [0.25, 0.3) is 0 Å². The smallest absolute Gasteiger partial charge is 0.0805 e. The molecule has 0 aliphatic carbocycles. The van der Waals surface area contributed by atoms with Crippen LogP contribution in [0.4, 0.5) is 5.69 Å². The summed E-state index contributed by atoms with van der Waals surface area (Å²) in [5.74, 6) is 0.664. The number of anilines is 1. The Labute approximate surface area is 128 Å². The fraction of sp³-hybridized carbons (Fsp3) is 0.706. The van der Waals surface area contributed by atoms with E-state index >= 15 is 0 Å². The first-order valence-electron chi connectivity index (χ1n) is 7.94. The first kappa shape index (κ1) is 16.2. The quantitative estimate of drug-likeness (QED) is 0.905. The summed E-state index contributed by atoms with van der Waals surface area (Å²) >= 11 is 0. The summed E-state index contributed by atoms with van der Waals surface area (Å²) in [6.07, 6.45) is 4.11. The van der Waals surface area contributed by atoms with Gasteiger partial charge in [0, 0.05) is 25.8 Å². The number of nitrogens with zero attached hydrogens (tertiary/aromatic N) is 2. The first-order valence-corrected chi connectivity index (χ1v) is 7.94. The highest BCUT2D eigenvalue weighted by molar-refractivity contribution is 5.52. The van der Waals surface area contributed by atoms with Gasteiger partial charge < -0.3 is 15.0 Å². The maximum Gasteiger partial charge on any atom is 0.0805 e. The third kappa shape index (κ3) is 4.68. The Balaban J connectivity index is 2.11. The molecule has 0 spiro atoms. The second-order valence-corrected chi connectivity index (χ2v) is 7.10. The van der Waals surface area contributed by atoms with Gasteiger partial charge >= 0.3 is 0 Å². The van der Waals surface area contributed by atoms with Gasteiger partial charge in [-0.1, -0.05) is 13.8 Å². The molecule has 1 aliphatic heterocycles. The summed E-state index contributed by atoms with van der Waals surface area (Å²) in [6, 6.07) is 2.12. The van der Waals surface area contributed by atoms with Crippen molar-refractivity contribution in [3.63, 3.8) is 0 Å². The summed E-state index contributed by atoms with van der Waals surface area (Å²) in [7, 11) is 0. The van der Waals surface area contributed by atoms with Gasteiger partial charge in [-0.2, -0.15) is 0 Å². The second kappa shape index (κ2) is 6.75. The molecule has 21 heavy (non-hydrogen) atoms. The molecule has 0 saturated carbocycles. The molecule has 1 aliphatic rings. The molecular formula is C17H29N3O. The van der Waals surface area contributed by atoms with E-state index in [-0.39, 0.29) is 11.7 Å². The Bertz CT molecular complexity index is 459. The summed E-state index contributed by atoms with van der Waals surface area (Å²) in [5, 5.41) is 3.53. The van der Waals surface area contributed by atoms with Gasteiger partial charge in [-0.05, 0) is 44.9 Å². The minimum atomic E-state index is -0.115. The molecule has 1 unspecified atom stereocenters. The van der Waals surface area contributed by atoms with Crippen molar-refractivity contribution in [1.82, 2.24) is 10.3 Å². The average Bonchev–Trinajstić information content (AvgIpc) is 2.36. The van der Waals surface area contributed by atoms with Crippen molar-refractivity contribution in [1.29, 1.82) is 0 Å². The van der Waals surface area contributed by atoms with Gasteiger partial charge in [0.25, 0.3) is 0 Å². The van der Waals surface area contributed by atoms with Gasteiger partial charge in [-0.3, -0.25) is 4.98 Å². The monoisotopic (exact) mass is 291 g/mol. The lowest BCUT2D eigenvalue weighted by Gasteiger charge is -2.43.